The lowest BCUT2D eigenvalue weighted by atomic mass is 10.00. The number of hydrogen-bond acceptors (Lipinski definition) is 3. The number of furan rings is 1. The van der Waals surface area contributed by atoms with Crippen molar-refractivity contribution in [2.75, 3.05) is 4.90 Å². The van der Waals surface area contributed by atoms with Crippen LogP contribution in [0.5, 0.6) is 0 Å². The molecule has 10 aromatic rings. The van der Waals surface area contributed by atoms with E-state index in [4.69, 9.17) is 11.3 Å². The van der Waals surface area contributed by atoms with Crippen molar-refractivity contribution in [3.8, 4) is 33.4 Å². The van der Waals surface area contributed by atoms with Crippen LogP contribution in [-0.2, 0) is 0 Å². The second-order valence-corrected chi connectivity index (χ2v) is 13.7. The van der Waals surface area contributed by atoms with Crippen molar-refractivity contribution in [3.63, 3.8) is 0 Å². The van der Waals surface area contributed by atoms with E-state index in [2.05, 4.69) is 120 Å². The zero-order valence-corrected chi connectivity index (χ0v) is 28.1. The first-order chi connectivity index (χ1) is 27.3. The molecule has 0 bridgehead atoms. The Hall–Kier alpha value is -6.42. The van der Waals surface area contributed by atoms with Gasteiger partial charge in [-0.1, -0.05) is 133 Å². The van der Waals surface area contributed by atoms with Crippen molar-refractivity contribution in [2.45, 2.75) is 0 Å². The van der Waals surface area contributed by atoms with Crippen LogP contribution in [0.3, 0.4) is 0 Å². The summed E-state index contributed by atoms with van der Waals surface area (Å²) in [5, 5.41) is 4.59. The first kappa shape index (κ1) is 24.7. The first-order valence-corrected chi connectivity index (χ1v) is 17.7. The SMILES string of the molecule is [2H]c1c([2H])c([2H])c(-c2ccc(N(c3ccc(-c4ccc5oc6c(-c7ccccc7)cccc6c5c4)cc3)c3ccc4c(c3)sc3ccccc34)cc2)c([2H])c1[2H]. The summed E-state index contributed by atoms with van der Waals surface area (Å²) in [5.74, 6) is 0. The quantitative estimate of drug-likeness (QED) is 0.175. The van der Waals surface area contributed by atoms with Crippen LogP contribution < -0.4 is 4.90 Å². The second kappa shape index (κ2) is 12.2. The summed E-state index contributed by atoms with van der Waals surface area (Å²) in [6.45, 7) is 0. The largest absolute Gasteiger partial charge is 0.455 e. The number of rotatable bonds is 6. The van der Waals surface area contributed by atoms with Crippen LogP contribution in [-0.4, -0.2) is 0 Å². The summed E-state index contributed by atoms with van der Waals surface area (Å²) in [6, 6.07) is 52.5. The van der Waals surface area contributed by atoms with Crippen LogP contribution in [0.4, 0.5) is 17.1 Å². The van der Waals surface area contributed by atoms with Gasteiger partial charge in [-0.05, 0) is 82.4 Å². The van der Waals surface area contributed by atoms with Gasteiger partial charge >= 0.3 is 0 Å². The van der Waals surface area contributed by atoms with Crippen molar-refractivity contribution < 1.29 is 11.3 Å². The zero-order chi connectivity index (χ0) is 38.1. The van der Waals surface area contributed by atoms with Gasteiger partial charge in [-0.3, -0.25) is 0 Å². The highest BCUT2D eigenvalue weighted by Crippen LogP contribution is 2.42. The van der Waals surface area contributed by atoms with Gasteiger partial charge in [0.2, 0.25) is 0 Å². The van der Waals surface area contributed by atoms with E-state index in [9.17, 15) is 0 Å². The molecule has 2 nitrogen and oxygen atoms in total. The van der Waals surface area contributed by atoms with Gasteiger partial charge in [0.15, 0.2) is 0 Å². The molecule has 0 fully saturated rings. The highest BCUT2D eigenvalue weighted by Gasteiger charge is 2.17. The number of hydrogen-bond donors (Lipinski definition) is 0. The molecule has 0 aliphatic rings. The van der Waals surface area contributed by atoms with E-state index in [0.29, 0.717) is 5.56 Å². The Morgan fingerprint density at radius 2 is 1.08 bits per heavy atom. The molecular formula is C48H31NOS. The lowest BCUT2D eigenvalue weighted by molar-refractivity contribution is 0.670. The Morgan fingerprint density at radius 1 is 0.431 bits per heavy atom. The van der Waals surface area contributed by atoms with Crippen molar-refractivity contribution in [1.82, 2.24) is 0 Å². The van der Waals surface area contributed by atoms with Crippen LogP contribution in [0.1, 0.15) is 6.85 Å². The van der Waals surface area contributed by atoms with Crippen LogP contribution in [0, 0.1) is 0 Å². The molecule has 240 valence electrons. The molecule has 3 heteroatoms. The molecule has 0 aliphatic carbocycles. The molecule has 51 heavy (non-hydrogen) atoms. The van der Waals surface area contributed by atoms with E-state index >= 15 is 0 Å². The molecule has 2 aromatic heterocycles. The van der Waals surface area contributed by atoms with Crippen molar-refractivity contribution >= 4 is 70.5 Å². The van der Waals surface area contributed by atoms with Crippen LogP contribution in [0.2, 0.25) is 0 Å². The van der Waals surface area contributed by atoms with Crippen LogP contribution >= 0.6 is 11.3 Å². The highest BCUT2D eigenvalue weighted by atomic mass is 32.1. The topological polar surface area (TPSA) is 16.4 Å². The summed E-state index contributed by atoms with van der Waals surface area (Å²) < 4.78 is 50.3. The number of fused-ring (bicyclic) bond motifs is 6. The third-order valence-corrected chi connectivity index (χ3v) is 10.7. The fraction of sp³-hybridized carbons (Fsp3) is 0. The standard InChI is InChI=1S/C48H31NOS/c1-3-10-32(11-4-1)33-18-23-37(24-19-33)49(39-27-28-42-41-14-7-8-17-46(41)51-47(42)31-39)38-25-20-34(21-26-38)36-22-29-45-44(30-36)43-16-9-15-40(48(43)50-45)35-12-5-2-6-13-35/h1-31H/i1D,3D,4D,10D,11D. The van der Waals surface area contributed by atoms with Gasteiger partial charge < -0.3 is 9.32 Å². The number of nitrogens with zero attached hydrogens (tertiary/aromatic N) is 1. The maximum Gasteiger partial charge on any atom is 0.143 e. The minimum Gasteiger partial charge on any atom is -0.455 e. The average molecular weight is 675 g/mol. The van der Waals surface area contributed by atoms with Crippen molar-refractivity contribution in [1.29, 1.82) is 0 Å². The minimum absolute atomic E-state index is 0.184. The molecule has 0 saturated carbocycles. The van der Waals surface area contributed by atoms with Gasteiger partial charge in [-0.25, -0.2) is 0 Å². The summed E-state index contributed by atoms with van der Waals surface area (Å²) in [6.07, 6.45) is 0. The summed E-state index contributed by atoms with van der Waals surface area (Å²) in [4.78, 5) is 2.19. The third kappa shape index (κ3) is 5.18. The van der Waals surface area contributed by atoms with Gasteiger partial charge in [0, 0.05) is 53.6 Å². The predicted octanol–water partition coefficient (Wildman–Crippen LogP) is 14.4. The van der Waals surface area contributed by atoms with Gasteiger partial charge in [-0.2, -0.15) is 0 Å². The van der Waals surface area contributed by atoms with E-state index in [1.54, 1.807) is 11.3 Å². The van der Waals surface area contributed by atoms with Gasteiger partial charge in [0.25, 0.3) is 0 Å². The lowest BCUT2D eigenvalue weighted by Gasteiger charge is -2.26. The highest BCUT2D eigenvalue weighted by molar-refractivity contribution is 7.25. The van der Waals surface area contributed by atoms with E-state index < -0.39 is 6.04 Å². The molecule has 0 aliphatic heterocycles. The number of thiophene rings is 1. The summed E-state index contributed by atoms with van der Waals surface area (Å²) in [5.41, 5.74) is 9.60. The van der Waals surface area contributed by atoms with Gasteiger partial charge in [0.1, 0.15) is 11.2 Å². The van der Waals surface area contributed by atoms with E-state index in [1.165, 1.54) is 20.2 Å². The van der Waals surface area contributed by atoms with E-state index in [0.717, 1.165) is 61.3 Å². The minimum atomic E-state index is -0.401. The number of anilines is 3. The van der Waals surface area contributed by atoms with Gasteiger partial charge in [-0.15, -0.1) is 11.3 Å². The Morgan fingerprint density at radius 3 is 1.86 bits per heavy atom. The summed E-state index contributed by atoms with van der Waals surface area (Å²) >= 11 is 1.77. The maximum atomic E-state index is 8.53. The fourth-order valence-corrected chi connectivity index (χ4v) is 8.24. The molecule has 0 saturated heterocycles. The molecule has 0 unspecified atom stereocenters. The monoisotopic (exact) mass is 674 g/mol. The Kier molecular flexibility index (Phi) is 5.89. The molecule has 2 heterocycles. The molecule has 0 radical (unpaired) electrons. The normalized spacial score (nSPS) is 12.9. The van der Waals surface area contributed by atoms with Crippen molar-refractivity contribution in [2.24, 2.45) is 0 Å². The molecule has 8 aromatic carbocycles. The molecular weight excluding hydrogens is 639 g/mol. The number of benzene rings is 8. The molecule has 0 amide bonds. The fourth-order valence-electron chi connectivity index (χ4n) is 7.10. The molecule has 0 N–H and O–H groups in total. The van der Waals surface area contributed by atoms with E-state index in [1.807, 2.05) is 42.5 Å². The molecule has 0 spiro atoms. The van der Waals surface area contributed by atoms with Gasteiger partial charge in [0.05, 0.1) is 6.85 Å². The lowest BCUT2D eigenvalue weighted by Crippen LogP contribution is -2.09. The Bertz CT molecular complexity index is 3110. The summed E-state index contributed by atoms with van der Waals surface area (Å²) in [7, 11) is 0. The zero-order valence-electron chi connectivity index (χ0n) is 32.3. The second-order valence-electron chi connectivity index (χ2n) is 12.6. The third-order valence-electron chi connectivity index (χ3n) is 9.58. The van der Waals surface area contributed by atoms with E-state index in [-0.39, 0.29) is 29.7 Å². The Labute approximate surface area is 307 Å². The Balaban J connectivity index is 1.06. The smallest absolute Gasteiger partial charge is 0.143 e. The number of para-hydroxylation sites is 1. The maximum absolute atomic E-state index is 8.53. The average Bonchev–Trinajstić information content (AvgIpc) is 3.81. The first-order valence-electron chi connectivity index (χ1n) is 19.3. The van der Waals surface area contributed by atoms with Crippen molar-refractivity contribution in [3.05, 3.63) is 188 Å². The van der Waals surface area contributed by atoms with Crippen LogP contribution in [0.25, 0.3) is 75.5 Å². The predicted molar refractivity (Wildman–Crippen MR) is 218 cm³/mol. The van der Waals surface area contributed by atoms with Crippen LogP contribution in [0.15, 0.2) is 192 Å². The molecule has 0 atom stereocenters. The molecule has 10 rings (SSSR count).